The zero-order valence-corrected chi connectivity index (χ0v) is 26.9. The fraction of sp³-hybridized carbons (Fsp3) is 0.559. The topological polar surface area (TPSA) is 88.2 Å². The quantitative estimate of drug-likeness (QED) is 0.446. The molecule has 3 aliphatic rings. The van der Waals surface area contributed by atoms with E-state index in [4.69, 9.17) is 0 Å². The number of halogens is 3. The highest BCUT2D eigenvalue weighted by molar-refractivity contribution is 5.91. The van der Waals surface area contributed by atoms with E-state index in [0.29, 0.717) is 57.2 Å². The number of fused-ring (bicyclic) bond motifs is 1. The maximum atomic E-state index is 13.8. The number of alkyl halides is 3. The molecule has 0 radical (unpaired) electrons. The molecule has 0 bridgehead atoms. The molecule has 3 heterocycles. The van der Waals surface area contributed by atoms with Crippen molar-refractivity contribution in [2.24, 2.45) is 0 Å². The summed E-state index contributed by atoms with van der Waals surface area (Å²) in [6.45, 7) is 4.20. The Morgan fingerprint density at radius 3 is 2.30 bits per heavy atom. The summed E-state index contributed by atoms with van der Waals surface area (Å²) in [5, 5.41) is 5.96. The summed E-state index contributed by atoms with van der Waals surface area (Å²) >= 11 is 0. The van der Waals surface area contributed by atoms with Crippen LogP contribution in [-0.4, -0.2) is 103 Å². The van der Waals surface area contributed by atoms with Crippen LogP contribution in [0.15, 0.2) is 42.5 Å². The number of rotatable bonds is 7. The van der Waals surface area contributed by atoms with Crippen LogP contribution in [0, 0.1) is 0 Å². The summed E-state index contributed by atoms with van der Waals surface area (Å²) in [6, 6.07) is 10.7. The molecule has 2 aromatic carbocycles. The number of nitrogens with zero attached hydrogens (tertiary/aromatic N) is 4. The maximum Gasteiger partial charge on any atom is 0.416 e. The smallest absolute Gasteiger partial charge is 0.341 e. The van der Waals surface area contributed by atoms with Crippen LogP contribution in [-0.2, 0) is 30.2 Å². The standard InChI is InChI=1S/C34H45F3N6O3/c1-4-24-21-23(9-10-28(24)34(35,36)37)22-30(31(44)41-16-12-26(13-17-41)40(2)3)39-32(45)42-18-14-27(15-19-42)43-20-11-25-7-5-6-8-29(25)38-33(43)46/h5-10,21,26-27,30H,4,11-20,22H2,1-3H3,(H,38,46)(H,39,45)/t30-/m1/s1. The van der Waals surface area contributed by atoms with E-state index in [2.05, 4.69) is 15.5 Å². The molecule has 2 saturated heterocycles. The number of amides is 5. The van der Waals surface area contributed by atoms with Crippen molar-refractivity contribution in [2.45, 2.75) is 76.2 Å². The highest BCUT2D eigenvalue weighted by atomic mass is 19.4. The maximum absolute atomic E-state index is 13.8. The molecule has 0 spiro atoms. The van der Waals surface area contributed by atoms with Gasteiger partial charge in [-0.2, -0.15) is 13.2 Å². The highest BCUT2D eigenvalue weighted by Crippen LogP contribution is 2.33. The Morgan fingerprint density at radius 1 is 0.978 bits per heavy atom. The van der Waals surface area contributed by atoms with Crippen molar-refractivity contribution in [3.63, 3.8) is 0 Å². The average Bonchev–Trinajstić information content (AvgIpc) is 3.21. The number of urea groups is 2. The summed E-state index contributed by atoms with van der Waals surface area (Å²) < 4.78 is 40.7. The van der Waals surface area contributed by atoms with Crippen LogP contribution in [0.4, 0.5) is 28.4 Å². The molecular weight excluding hydrogens is 597 g/mol. The molecule has 2 fully saturated rings. The van der Waals surface area contributed by atoms with E-state index in [1.165, 1.54) is 12.1 Å². The van der Waals surface area contributed by atoms with E-state index in [-0.39, 0.29) is 42.4 Å². The molecule has 3 aliphatic heterocycles. The number of hydrogen-bond donors (Lipinski definition) is 2. The number of para-hydroxylation sites is 1. The number of piperidine rings is 2. The lowest BCUT2D eigenvalue weighted by molar-refractivity contribution is -0.138. The molecule has 0 aromatic heterocycles. The van der Waals surface area contributed by atoms with E-state index >= 15 is 0 Å². The van der Waals surface area contributed by atoms with Crippen LogP contribution in [0.1, 0.15) is 54.9 Å². The van der Waals surface area contributed by atoms with Gasteiger partial charge in [-0.05, 0) is 81.4 Å². The minimum Gasteiger partial charge on any atom is -0.341 e. The zero-order valence-electron chi connectivity index (χ0n) is 26.9. The second kappa shape index (κ2) is 14.3. The third-order valence-corrected chi connectivity index (χ3v) is 9.73. The lowest BCUT2D eigenvalue weighted by Crippen LogP contribution is -2.57. The summed E-state index contributed by atoms with van der Waals surface area (Å²) in [7, 11) is 4.03. The fourth-order valence-electron chi connectivity index (χ4n) is 6.96. The van der Waals surface area contributed by atoms with Crippen LogP contribution in [0.2, 0.25) is 0 Å². The molecule has 0 unspecified atom stereocenters. The van der Waals surface area contributed by atoms with Crippen LogP contribution in [0.5, 0.6) is 0 Å². The number of carbonyl (C=O) groups is 3. The van der Waals surface area contributed by atoms with E-state index in [9.17, 15) is 27.6 Å². The predicted molar refractivity (Wildman–Crippen MR) is 171 cm³/mol. The largest absolute Gasteiger partial charge is 0.416 e. The van der Waals surface area contributed by atoms with Gasteiger partial charge in [-0.3, -0.25) is 4.79 Å². The minimum atomic E-state index is -4.46. The van der Waals surface area contributed by atoms with E-state index in [1.807, 2.05) is 43.3 Å². The van der Waals surface area contributed by atoms with Gasteiger partial charge in [0.1, 0.15) is 6.04 Å². The summed E-state index contributed by atoms with van der Waals surface area (Å²) in [4.78, 5) is 47.9. The Balaban J connectivity index is 1.25. The molecule has 0 aliphatic carbocycles. The van der Waals surface area contributed by atoms with Gasteiger partial charge < -0.3 is 30.2 Å². The van der Waals surface area contributed by atoms with Gasteiger partial charge in [-0.25, -0.2) is 9.59 Å². The molecular formula is C34H45F3N6O3. The van der Waals surface area contributed by atoms with Crippen LogP contribution in [0.3, 0.4) is 0 Å². The molecule has 2 aromatic rings. The second-order valence-electron chi connectivity index (χ2n) is 12.8. The molecule has 2 N–H and O–H groups in total. The first kappa shape index (κ1) is 33.6. The van der Waals surface area contributed by atoms with Crippen molar-refractivity contribution in [2.75, 3.05) is 52.1 Å². The number of aryl methyl sites for hydroxylation is 1. The predicted octanol–water partition coefficient (Wildman–Crippen LogP) is 5.00. The Morgan fingerprint density at radius 2 is 1.65 bits per heavy atom. The Kier molecular flexibility index (Phi) is 10.4. The molecule has 250 valence electrons. The van der Waals surface area contributed by atoms with Crippen LogP contribution < -0.4 is 10.6 Å². The first-order chi connectivity index (χ1) is 21.9. The van der Waals surface area contributed by atoms with Gasteiger partial charge >= 0.3 is 18.2 Å². The van der Waals surface area contributed by atoms with Crippen molar-refractivity contribution in [3.8, 4) is 0 Å². The van der Waals surface area contributed by atoms with Crippen molar-refractivity contribution < 1.29 is 27.6 Å². The van der Waals surface area contributed by atoms with Gasteiger partial charge in [0.15, 0.2) is 0 Å². The summed E-state index contributed by atoms with van der Waals surface area (Å²) in [6.07, 6.45) is -0.608. The first-order valence-corrected chi connectivity index (χ1v) is 16.3. The second-order valence-corrected chi connectivity index (χ2v) is 12.8. The number of carbonyl (C=O) groups excluding carboxylic acids is 3. The monoisotopic (exact) mass is 642 g/mol. The van der Waals surface area contributed by atoms with Gasteiger partial charge in [0.2, 0.25) is 5.91 Å². The van der Waals surface area contributed by atoms with Crippen LogP contribution in [0.25, 0.3) is 0 Å². The lowest BCUT2D eigenvalue weighted by atomic mass is 9.96. The third kappa shape index (κ3) is 7.76. The molecule has 5 rings (SSSR count). The Labute approximate surface area is 269 Å². The molecule has 12 heteroatoms. The summed E-state index contributed by atoms with van der Waals surface area (Å²) in [5.41, 5.74) is 1.97. The van der Waals surface area contributed by atoms with Gasteiger partial charge in [-0.1, -0.05) is 37.3 Å². The molecule has 46 heavy (non-hydrogen) atoms. The molecule has 0 saturated carbocycles. The van der Waals surface area contributed by atoms with Crippen LogP contribution >= 0.6 is 0 Å². The molecule has 1 atom stereocenters. The summed E-state index contributed by atoms with van der Waals surface area (Å²) in [5.74, 6) is -0.223. The van der Waals surface area contributed by atoms with E-state index in [0.717, 1.165) is 36.6 Å². The van der Waals surface area contributed by atoms with Gasteiger partial charge in [0.25, 0.3) is 0 Å². The zero-order chi connectivity index (χ0) is 33.0. The fourth-order valence-corrected chi connectivity index (χ4v) is 6.96. The normalized spacial score (nSPS) is 19.0. The highest BCUT2D eigenvalue weighted by Gasteiger charge is 2.36. The van der Waals surface area contributed by atoms with Crippen molar-refractivity contribution in [3.05, 3.63) is 64.7 Å². The number of nitrogens with one attached hydrogen (secondary N) is 2. The first-order valence-electron chi connectivity index (χ1n) is 16.3. The number of anilines is 1. The Bertz CT molecular complexity index is 1400. The third-order valence-electron chi connectivity index (χ3n) is 9.73. The van der Waals surface area contributed by atoms with Crippen molar-refractivity contribution >= 4 is 23.7 Å². The van der Waals surface area contributed by atoms with Gasteiger partial charge in [0, 0.05) is 56.9 Å². The minimum absolute atomic E-state index is 0.0200. The van der Waals surface area contributed by atoms with E-state index < -0.39 is 17.8 Å². The van der Waals surface area contributed by atoms with Crippen molar-refractivity contribution in [1.82, 2.24) is 24.9 Å². The van der Waals surface area contributed by atoms with Gasteiger partial charge in [0.05, 0.1) is 5.56 Å². The molecule has 5 amide bonds. The Hall–Kier alpha value is -3.80. The van der Waals surface area contributed by atoms with Gasteiger partial charge in [-0.15, -0.1) is 0 Å². The van der Waals surface area contributed by atoms with E-state index in [1.54, 1.807) is 16.7 Å². The SMILES string of the molecule is CCc1cc(C[C@@H](NC(=O)N2CCC(N3CCc4ccccc4NC3=O)CC2)C(=O)N2CCC(N(C)C)CC2)ccc1C(F)(F)F. The average molecular weight is 643 g/mol. The number of likely N-dealkylation sites (tertiary alicyclic amines) is 2. The lowest BCUT2D eigenvalue weighted by Gasteiger charge is -2.39. The van der Waals surface area contributed by atoms with Crippen molar-refractivity contribution in [1.29, 1.82) is 0 Å². The number of benzene rings is 2. The number of hydrogen-bond acceptors (Lipinski definition) is 4. The molecule has 9 nitrogen and oxygen atoms in total.